The molecule has 0 fully saturated rings. The molecule has 0 atom stereocenters. The van der Waals surface area contributed by atoms with Crippen molar-refractivity contribution in [2.24, 2.45) is 0 Å². The quantitative estimate of drug-likeness (QED) is 0.711. The van der Waals surface area contributed by atoms with Crippen LogP contribution in [-0.4, -0.2) is 5.78 Å². The number of carbonyl (C=O) groups is 1. The SMILES string of the molecule is O=C1CCc2c1cccc2-c1ccc(Cl)c(C(F)(F)F)c1. The molecule has 0 unspecified atom stereocenters. The van der Waals surface area contributed by atoms with Crippen LogP contribution in [-0.2, 0) is 12.6 Å². The fourth-order valence-electron chi connectivity index (χ4n) is 2.67. The number of fused-ring (bicyclic) bond motifs is 1. The second kappa shape index (κ2) is 4.88. The van der Waals surface area contributed by atoms with Crippen LogP contribution < -0.4 is 0 Å². The summed E-state index contributed by atoms with van der Waals surface area (Å²) < 4.78 is 38.8. The summed E-state index contributed by atoms with van der Waals surface area (Å²) in [4.78, 5) is 11.7. The van der Waals surface area contributed by atoms with Gasteiger partial charge in [0.25, 0.3) is 0 Å². The second-order valence-electron chi connectivity index (χ2n) is 4.95. The molecule has 2 aromatic carbocycles. The summed E-state index contributed by atoms with van der Waals surface area (Å²) in [5.41, 5.74) is 1.66. The van der Waals surface area contributed by atoms with Crippen LogP contribution >= 0.6 is 11.6 Å². The van der Waals surface area contributed by atoms with Gasteiger partial charge in [0, 0.05) is 12.0 Å². The van der Waals surface area contributed by atoms with Crippen molar-refractivity contribution in [1.82, 2.24) is 0 Å². The highest BCUT2D eigenvalue weighted by Gasteiger charge is 2.33. The minimum absolute atomic E-state index is 0.0388. The molecule has 0 N–H and O–H groups in total. The number of ketones is 1. The van der Waals surface area contributed by atoms with Gasteiger partial charge in [0.05, 0.1) is 10.6 Å². The van der Waals surface area contributed by atoms with E-state index in [2.05, 4.69) is 0 Å². The minimum atomic E-state index is -4.50. The van der Waals surface area contributed by atoms with Crippen molar-refractivity contribution in [3.63, 3.8) is 0 Å². The van der Waals surface area contributed by atoms with Crippen LogP contribution in [0.25, 0.3) is 11.1 Å². The maximum absolute atomic E-state index is 12.9. The zero-order chi connectivity index (χ0) is 15.2. The van der Waals surface area contributed by atoms with E-state index in [-0.39, 0.29) is 10.8 Å². The summed E-state index contributed by atoms with van der Waals surface area (Å²) in [6, 6.07) is 8.99. The molecule has 0 spiro atoms. The lowest BCUT2D eigenvalue weighted by molar-refractivity contribution is -0.137. The topological polar surface area (TPSA) is 17.1 Å². The van der Waals surface area contributed by atoms with E-state index < -0.39 is 11.7 Å². The number of hydrogen-bond acceptors (Lipinski definition) is 1. The van der Waals surface area contributed by atoms with E-state index in [9.17, 15) is 18.0 Å². The summed E-state index contributed by atoms with van der Waals surface area (Å²) >= 11 is 5.63. The monoisotopic (exact) mass is 310 g/mol. The zero-order valence-corrected chi connectivity index (χ0v) is 11.6. The lowest BCUT2D eigenvalue weighted by Gasteiger charge is -2.13. The second-order valence-corrected chi connectivity index (χ2v) is 5.35. The number of Topliss-reactive ketones (excluding diaryl/α,β-unsaturated/α-hetero) is 1. The van der Waals surface area contributed by atoms with Crippen molar-refractivity contribution in [1.29, 1.82) is 0 Å². The Hall–Kier alpha value is -1.81. The normalized spacial score (nSPS) is 14.4. The molecule has 5 heteroatoms. The Balaban J connectivity index is 2.17. The van der Waals surface area contributed by atoms with Crippen LogP contribution in [0.3, 0.4) is 0 Å². The lowest BCUT2D eigenvalue weighted by atomic mass is 9.95. The Labute approximate surface area is 124 Å². The maximum Gasteiger partial charge on any atom is 0.417 e. The van der Waals surface area contributed by atoms with E-state index in [4.69, 9.17) is 11.6 Å². The maximum atomic E-state index is 12.9. The third-order valence-electron chi connectivity index (χ3n) is 3.66. The van der Waals surface area contributed by atoms with Gasteiger partial charge in [-0.05, 0) is 35.2 Å². The first kappa shape index (κ1) is 14.1. The van der Waals surface area contributed by atoms with Gasteiger partial charge in [-0.3, -0.25) is 4.79 Å². The van der Waals surface area contributed by atoms with Crippen LogP contribution in [0, 0.1) is 0 Å². The molecule has 0 saturated heterocycles. The first-order chi connectivity index (χ1) is 9.88. The average Bonchev–Trinajstić information content (AvgIpc) is 2.80. The van der Waals surface area contributed by atoms with Crippen LogP contribution in [0.5, 0.6) is 0 Å². The average molecular weight is 311 g/mol. The Bertz CT molecular complexity index is 735. The molecule has 108 valence electrons. The Morgan fingerprint density at radius 2 is 1.71 bits per heavy atom. The van der Waals surface area contributed by atoms with E-state index in [1.54, 1.807) is 24.3 Å². The van der Waals surface area contributed by atoms with Crippen molar-refractivity contribution < 1.29 is 18.0 Å². The van der Waals surface area contributed by atoms with Crippen LogP contribution in [0.4, 0.5) is 13.2 Å². The minimum Gasteiger partial charge on any atom is -0.294 e. The molecule has 0 aliphatic heterocycles. The van der Waals surface area contributed by atoms with Crippen molar-refractivity contribution in [2.45, 2.75) is 19.0 Å². The number of carbonyl (C=O) groups excluding carboxylic acids is 1. The van der Waals surface area contributed by atoms with Crippen LogP contribution in [0.15, 0.2) is 36.4 Å². The van der Waals surface area contributed by atoms with Crippen LogP contribution in [0.1, 0.15) is 27.9 Å². The Kier molecular flexibility index (Phi) is 3.29. The van der Waals surface area contributed by atoms with Gasteiger partial charge in [-0.1, -0.05) is 35.9 Å². The number of alkyl halides is 3. The predicted molar refractivity (Wildman–Crippen MR) is 74.5 cm³/mol. The molecule has 0 bridgehead atoms. The fraction of sp³-hybridized carbons (Fsp3) is 0.188. The molecule has 0 radical (unpaired) electrons. The first-order valence-electron chi connectivity index (χ1n) is 6.40. The number of hydrogen-bond donors (Lipinski definition) is 0. The smallest absolute Gasteiger partial charge is 0.294 e. The Morgan fingerprint density at radius 3 is 2.43 bits per heavy atom. The summed E-state index contributed by atoms with van der Waals surface area (Å²) in [5.74, 6) is 0.0388. The van der Waals surface area contributed by atoms with Crippen molar-refractivity contribution in [3.05, 3.63) is 58.1 Å². The highest BCUT2D eigenvalue weighted by Crippen LogP contribution is 2.39. The van der Waals surface area contributed by atoms with E-state index in [0.717, 1.165) is 11.6 Å². The van der Waals surface area contributed by atoms with Gasteiger partial charge < -0.3 is 0 Å². The molecular formula is C16H10ClF3O. The van der Waals surface area contributed by atoms with E-state index in [1.165, 1.54) is 6.07 Å². The molecule has 1 aliphatic carbocycles. The number of rotatable bonds is 1. The van der Waals surface area contributed by atoms with Gasteiger partial charge in [-0.2, -0.15) is 13.2 Å². The standard InChI is InChI=1S/C16H10ClF3O/c17-14-6-4-9(8-13(14)16(18,19)20)10-2-1-3-12-11(10)5-7-15(12)21/h1-4,6,8H,5,7H2. The third-order valence-corrected chi connectivity index (χ3v) is 3.99. The molecule has 1 aliphatic rings. The van der Waals surface area contributed by atoms with Gasteiger partial charge >= 0.3 is 6.18 Å². The lowest BCUT2D eigenvalue weighted by Crippen LogP contribution is -2.06. The fourth-order valence-corrected chi connectivity index (χ4v) is 2.90. The van der Waals surface area contributed by atoms with Gasteiger partial charge in [0.15, 0.2) is 5.78 Å². The molecular weight excluding hydrogens is 301 g/mol. The first-order valence-corrected chi connectivity index (χ1v) is 6.78. The third kappa shape index (κ3) is 2.44. The summed E-state index contributed by atoms with van der Waals surface area (Å²) in [5, 5.41) is -0.324. The summed E-state index contributed by atoms with van der Waals surface area (Å²) in [6.45, 7) is 0. The molecule has 1 nitrogen and oxygen atoms in total. The Morgan fingerprint density at radius 1 is 1.00 bits per heavy atom. The van der Waals surface area contributed by atoms with Crippen LogP contribution in [0.2, 0.25) is 5.02 Å². The van der Waals surface area contributed by atoms with Gasteiger partial charge in [0.2, 0.25) is 0 Å². The molecule has 21 heavy (non-hydrogen) atoms. The van der Waals surface area contributed by atoms with Crippen molar-refractivity contribution in [2.75, 3.05) is 0 Å². The van der Waals surface area contributed by atoms with Crippen molar-refractivity contribution >= 4 is 17.4 Å². The van der Waals surface area contributed by atoms with Crippen molar-refractivity contribution in [3.8, 4) is 11.1 Å². The number of halogens is 4. The summed E-state index contributed by atoms with van der Waals surface area (Å²) in [7, 11) is 0. The van der Waals surface area contributed by atoms with Gasteiger partial charge in [0.1, 0.15) is 0 Å². The van der Waals surface area contributed by atoms with E-state index >= 15 is 0 Å². The molecule has 0 amide bonds. The molecule has 0 heterocycles. The predicted octanol–water partition coefficient (Wildman–Crippen LogP) is 5.15. The largest absolute Gasteiger partial charge is 0.417 e. The van der Waals surface area contributed by atoms with Gasteiger partial charge in [-0.15, -0.1) is 0 Å². The number of benzene rings is 2. The highest BCUT2D eigenvalue weighted by atomic mass is 35.5. The molecule has 2 aromatic rings. The summed E-state index contributed by atoms with van der Waals surface area (Å²) in [6.07, 6.45) is -3.53. The highest BCUT2D eigenvalue weighted by molar-refractivity contribution is 6.31. The van der Waals surface area contributed by atoms with E-state index in [1.807, 2.05) is 0 Å². The molecule has 0 aromatic heterocycles. The molecule has 3 rings (SSSR count). The zero-order valence-electron chi connectivity index (χ0n) is 10.8. The van der Waals surface area contributed by atoms with Gasteiger partial charge in [-0.25, -0.2) is 0 Å². The molecule has 0 saturated carbocycles. The van der Waals surface area contributed by atoms with E-state index in [0.29, 0.717) is 29.5 Å².